The average Bonchev–Trinajstić information content (AvgIpc) is 3.17. The molecule has 0 bridgehead atoms. The lowest BCUT2D eigenvalue weighted by Gasteiger charge is -2.22. The summed E-state index contributed by atoms with van der Waals surface area (Å²) in [5, 5.41) is 3.39. The van der Waals surface area contributed by atoms with Gasteiger partial charge in [0.05, 0.1) is 11.2 Å². The van der Waals surface area contributed by atoms with Crippen LogP contribution < -0.4 is 11.0 Å². The molecule has 3 rings (SSSR count). The van der Waals surface area contributed by atoms with Crippen LogP contribution in [0.25, 0.3) is 11.2 Å². The number of carbonyl (C=O) groups is 1. The minimum Gasteiger partial charge on any atom is -0.302 e. The zero-order valence-corrected chi connectivity index (χ0v) is 23.1. The van der Waals surface area contributed by atoms with E-state index in [0.29, 0.717) is 11.7 Å². The van der Waals surface area contributed by atoms with E-state index in [1.54, 1.807) is 23.6 Å². The number of hydrogen-bond acceptors (Lipinski definition) is 7. The van der Waals surface area contributed by atoms with Gasteiger partial charge < -0.3 is 5.32 Å². The lowest BCUT2D eigenvalue weighted by atomic mass is 9.97. The minimum absolute atomic E-state index is 0.00392. The van der Waals surface area contributed by atoms with E-state index in [0.717, 1.165) is 46.1 Å². The Kier molecular flexibility index (Phi) is 8.26. The van der Waals surface area contributed by atoms with Gasteiger partial charge in [-0.2, -0.15) is 0 Å². The number of hydrogen-bond donors (Lipinski definition) is 1. The summed E-state index contributed by atoms with van der Waals surface area (Å²) in [7, 11) is 3.87. The van der Waals surface area contributed by atoms with Crippen molar-refractivity contribution >= 4 is 45.5 Å². The fraction of sp³-hybridized carbons (Fsp3) is 0.583. The van der Waals surface area contributed by atoms with Crippen molar-refractivity contribution in [2.24, 2.45) is 12.5 Å². The van der Waals surface area contributed by atoms with Gasteiger partial charge in [-0.25, -0.2) is 19.1 Å². The summed E-state index contributed by atoms with van der Waals surface area (Å²) >= 11 is 3.12. The number of fused-ring (bicyclic) bond motifs is 1. The molecule has 10 heteroatoms. The molecule has 0 fully saturated rings. The first-order chi connectivity index (χ1) is 15.9. The second-order valence-electron chi connectivity index (χ2n) is 10.0. The van der Waals surface area contributed by atoms with Crippen molar-refractivity contribution in [1.29, 1.82) is 0 Å². The molecule has 0 aliphatic carbocycles. The molecule has 3 aromatic rings. The summed E-state index contributed by atoms with van der Waals surface area (Å²) in [5.41, 5.74) is 3.51. The number of imidazole rings is 1. The molecule has 1 atom stereocenters. The Bertz CT molecular complexity index is 1220. The van der Waals surface area contributed by atoms with Crippen LogP contribution in [-0.4, -0.2) is 42.9 Å². The Balaban J connectivity index is 1.84. The summed E-state index contributed by atoms with van der Waals surface area (Å²) in [6.45, 7) is 13.5. The van der Waals surface area contributed by atoms with Crippen molar-refractivity contribution in [2.75, 3.05) is 18.9 Å². The third-order valence-corrected chi connectivity index (χ3v) is 7.71. The summed E-state index contributed by atoms with van der Waals surface area (Å²) in [5.74, 6) is 0.116. The fourth-order valence-corrected chi connectivity index (χ4v) is 6.21. The molecule has 3 heterocycles. The largest absolute Gasteiger partial charge is 0.330 e. The molecule has 1 unspecified atom stereocenters. The van der Waals surface area contributed by atoms with Crippen LogP contribution in [0.5, 0.6) is 0 Å². The van der Waals surface area contributed by atoms with Gasteiger partial charge in [0.1, 0.15) is 4.21 Å². The fourth-order valence-electron chi connectivity index (χ4n) is 3.98. The van der Waals surface area contributed by atoms with Gasteiger partial charge in [0.25, 0.3) is 0 Å². The normalized spacial score (nSPS) is 13.1. The Morgan fingerprint density at radius 2 is 2.00 bits per heavy atom. The summed E-state index contributed by atoms with van der Waals surface area (Å²) in [6.07, 6.45) is 2.04. The third-order valence-electron chi connectivity index (χ3n) is 5.44. The molecule has 0 spiro atoms. The zero-order valence-electron chi connectivity index (χ0n) is 21.4. The number of rotatable bonds is 9. The predicted octanol–water partition coefficient (Wildman–Crippen LogP) is 5.03. The maximum atomic E-state index is 12.9. The van der Waals surface area contributed by atoms with Crippen LogP contribution in [0.15, 0.2) is 21.1 Å². The average molecular weight is 505 g/mol. The van der Waals surface area contributed by atoms with Crippen molar-refractivity contribution in [2.45, 2.75) is 71.1 Å². The van der Waals surface area contributed by atoms with Gasteiger partial charge in [-0.05, 0) is 49.9 Å². The number of aryl methyl sites for hydroxylation is 2. The van der Waals surface area contributed by atoms with E-state index in [1.807, 2.05) is 17.6 Å². The van der Waals surface area contributed by atoms with Gasteiger partial charge in [0.2, 0.25) is 5.91 Å². The number of pyridine rings is 1. The smallest absolute Gasteiger partial charge is 0.302 e. The van der Waals surface area contributed by atoms with Crippen LogP contribution in [0.4, 0.5) is 5.13 Å². The van der Waals surface area contributed by atoms with Gasteiger partial charge in [-0.3, -0.25) is 13.9 Å². The second-order valence-corrected chi connectivity index (χ2v) is 12.5. The number of amides is 1. The predicted molar refractivity (Wildman–Crippen MR) is 142 cm³/mol. The van der Waals surface area contributed by atoms with E-state index in [-0.39, 0.29) is 22.9 Å². The molecule has 1 N–H and O–H groups in total. The SMILES string of the molecule is CCCC(CN(C)Sc1sc(NC(C)=O)nc1C)c1ccc2c(n1)n(C)c(=O)n2CC(C)(C)C. The highest BCUT2D eigenvalue weighted by atomic mass is 32.2. The highest BCUT2D eigenvalue weighted by molar-refractivity contribution is 7.99. The molecule has 0 saturated heterocycles. The Hall–Kier alpha value is -2.17. The lowest BCUT2D eigenvalue weighted by Crippen LogP contribution is -2.27. The molecule has 0 radical (unpaired) electrons. The van der Waals surface area contributed by atoms with Gasteiger partial charge in [-0.15, -0.1) is 0 Å². The topological polar surface area (TPSA) is 85.1 Å². The summed E-state index contributed by atoms with van der Waals surface area (Å²) in [4.78, 5) is 33.7. The molecule has 0 aromatic carbocycles. The van der Waals surface area contributed by atoms with Crippen LogP contribution in [0.2, 0.25) is 0 Å². The molecule has 0 aliphatic heterocycles. The number of thiazole rings is 1. The maximum Gasteiger partial charge on any atom is 0.330 e. The van der Waals surface area contributed by atoms with Crippen molar-refractivity contribution in [1.82, 2.24) is 23.4 Å². The summed E-state index contributed by atoms with van der Waals surface area (Å²) in [6, 6.07) is 4.13. The van der Waals surface area contributed by atoms with Crippen molar-refractivity contribution in [3.8, 4) is 0 Å². The van der Waals surface area contributed by atoms with Gasteiger partial charge in [0, 0.05) is 38.7 Å². The number of likely N-dealkylation sites (N-methyl/N-ethyl adjacent to an activating group) is 1. The van der Waals surface area contributed by atoms with Crippen molar-refractivity contribution in [3.63, 3.8) is 0 Å². The first-order valence-corrected chi connectivity index (χ1v) is 13.2. The zero-order chi connectivity index (χ0) is 25.2. The van der Waals surface area contributed by atoms with E-state index in [9.17, 15) is 9.59 Å². The molecule has 1 amide bonds. The second kappa shape index (κ2) is 10.6. The third kappa shape index (κ3) is 6.28. The van der Waals surface area contributed by atoms with E-state index < -0.39 is 0 Å². The Labute approximate surface area is 209 Å². The number of carbonyl (C=O) groups excluding carboxylic acids is 1. The van der Waals surface area contributed by atoms with E-state index in [4.69, 9.17) is 4.98 Å². The standard InChI is InChI=1S/C24H36N6O2S2/c1-9-10-17(13-28(7)34-21-15(2)25-22(33-21)26-16(3)31)18-11-12-19-20(27-18)29(8)23(32)30(19)14-24(4,5)6/h11-12,17H,9-10,13-14H2,1-8H3,(H,25,26,31). The monoisotopic (exact) mass is 504 g/mol. The molecule has 0 aliphatic rings. The molecular weight excluding hydrogens is 468 g/mol. The van der Waals surface area contributed by atoms with Crippen LogP contribution in [0, 0.1) is 12.3 Å². The highest BCUT2D eigenvalue weighted by Gasteiger charge is 2.22. The lowest BCUT2D eigenvalue weighted by molar-refractivity contribution is -0.114. The number of anilines is 1. The van der Waals surface area contributed by atoms with Crippen LogP contribution in [0.3, 0.4) is 0 Å². The van der Waals surface area contributed by atoms with Gasteiger partial charge >= 0.3 is 5.69 Å². The quantitative estimate of drug-likeness (QED) is 0.412. The summed E-state index contributed by atoms with van der Waals surface area (Å²) < 4.78 is 6.76. The Morgan fingerprint density at radius 3 is 2.62 bits per heavy atom. The maximum absolute atomic E-state index is 12.9. The number of nitrogens with one attached hydrogen (secondary N) is 1. The van der Waals surface area contributed by atoms with E-state index in [1.165, 1.54) is 18.3 Å². The number of nitrogens with zero attached hydrogens (tertiary/aromatic N) is 5. The van der Waals surface area contributed by atoms with Crippen molar-refractivity contribution < 1.29 is 4.79 Å². The van der Waals surface area contributed by atoms with Gasteiger partial charge in [0.15, 0.2) is 10.8 Å². The molecule has 3 aromatic heterocycles. The minimum atomic E-state index is -0.117. The van der Waals surface area contributed by atoms with E-state index >= 15 is 0 Å². The molecule has 8 nitrogen and oxygen atoms in total. The molecule has 0 saturated carbocycles. The van der Waals surface area contributed by atoms with Crippen LogP contribution >= 0.6 is 23.3 Å². The Morgan fingerprint density at radius 1 is 1.29 bits per heavy atom. The van der Waals surface area contributed by atoms with E-state index in [2.05, 4.69) is 55.4 Å². The molecular formula is C24H36N6O2S2. The van der Waals surface area contributed by atoms with Crippen LogP contribution in [-0.2, 0) is 18.4 Å². The van der Waals surface area contributed by atoms with Crippen LogP contribution in [0.1, 0.15) is 64.8 Å². The van der Waals surface area contributed by atoms with Gasteiger partial charge in [-0.1, -0.05) is 45.5 Å². The van der Waals surface area contributed by atoms with Crippen molar-refractivity contribution in [3.05, 3.63) is 34.0 Å². The first kappa shape index (κ1) is 26.4. The molecule has 186 valence electrons. The number of aromatic nitrogens is 4. The molecule has 34 heavy (non-hydrogen) atoms. The first-order valence-electron chi connectivity index (χ1n) is 11.6. The highest BCUT2D eigenvalue weighted by Crippen LogP contribution is 2.35.